The molecule has 2 rings (SSSR count). The Morgan fingerprint density at radius 3 is 2.00 bits per heavy atom. The van der Waals surface area contributed by atoms with Crippen molar-refractivity contribution >= 4 is 5.91 Å². The van der Waals surface area contributed by atoms with Crippen LogP contribution in [0.15, 0.2) is 0 Å². The number of hydrogen-bond donors (Lipinski definition) is 2. The predicted octanol–water partition coefficient (Wildman–Crippen LogP) is 1.18. The molecule has 0 aromatic heterocycles. The topological polar surface area (TPSA) is 44.4 Å². The van der Waals surface area contributed by atoms with E-state index in [4.69, 9.17) is 0 Å². The van der Waals surface area contributed by atoms with E-state index in [1.54, 1.807) is 0 Å². The second-order valence-corrected chi connectivity index (χ2v) is 3.74. The molecule has 0 aliphatic carbocycles. The maximum absolute atomic E-state index is 11.5. The first-order chi connectivity index (χ1) is 7.73. The van der Waals surface area contributed by atoms with E-state index in [0.29, 0.717) is 6.67 Å². The number of nitrogens with zero attached hydrogens (tertiary/aromatic N) is 1. The number of hydrogen-bond acceptors (Lipinski definition) is 3. The minimum atomic E-state index is -0.230. The van der Waals surface area contributed by atoms with Crippen molar-refractivity contribution in [3.05, 3.63) is 0 Å². The fourth-order valence-electron chi connectivity index (χ4n) is 1.95. The zero-order chi connectivity index (χ0) is 12.6. The van der Waals surface area contributed by atoms with Gasteiger partial charge in [0.2, 0.25) is 5.91 Å². The van der Waals surface area contributed by atoms with Gasteiger partial charge in [-0.25, -0.2) is 0 Å². The summed E-state index contributed by atoms with van der Waals surface area (Å²) in [7, 11) is 2.10. The van der Waals surface area contributed by atoms with Gasteiger partial charge in [-0.15, -0.1) is 0 Å². The zero-order valence-corrected chi connectivity index (χ0v) is 11.4. The standard InChI is InChI=1S/C8H15N3O.2C2H6/c1-11-4-2-8(3-5-11)7(12)9-6-10-8;2*1-2/h10H,2-6H2,1H3,(H,9,12);2*1-2H3. The number of carbonyl (C=O) groups is 1. The Balaban J connectivity index is 0.000000509. The summed E-state index contributed by atoms with van der Waals surface area (Å²) in [6.07, 6.45) is 1.88. The van der Waals surface area contributed by atoms with E-state index in [1.165, 1.54) is 0 Å². The Bertz CT molecular complexity index is 198. The Hall–Kier alpha value is -0.610. The van der Waals surface area contributed by atoms with Crippen molar-refractivity contribution < 1.29 is 4.79 Å². The quantitative estimate of drug-likeness (QED) is 0.655. The summed E-state index contributed by atoms with van der Waals surface area (Å²) < 4.78 is 0. The van der Waals surface area contributed by atoms with Gasteiger partial charge in [-0.05, 0) is 19.9 Å². The van der Waals surface area contributed by atoms with Crippen LogP contribution in [0.1, 0.15) is 40.5 Å². The van der Waals surface area contributed by atoms with Gasteiger partial charge in [-0.3, -0.25) is 10.1 Å². The van der Waals surface area contributed by atoms with Gasteiger partial charge in [0.05, 0.1) is 6.67 Å². The number of amides is 1. The molecule has 0 aromatic rings. The second-order valence-electron chi connectivity index (χ2n) is 3.74. The average Bonchev–Trinajstić information content (AvgIpc) is 2.70. The Morgan fingerprint density at radius 1 is 1.12 bits per heavy atom. The number of rotatable bonds is 0. The van der Waals surface area contributed by atoms with Crippen molar-refractivity contribution in [2.75, 3.05) is 26.8 Å². The first kappa shape index (κ1) is 15.4. The molecule has 4 nitrogen and oxygen atoms in total. The molecule has 96 valence electrons. The van der Waals surface area contributed by atoms with Gasteiger partial charge in [0, 0.05) is 13.1 Å². The van der Waals surface area contributed by atoms with Crippen LogP contribution in [0.4, 0.5) is 0 Å². The van der Waals surface area contributed by atoms with Crippen molar-refractivity contribution in [3.63, 3.8) is 0 Å². The summed E-state index contributed by atoms with van der Waals surface area (Å²) in [5.41, 5.74) is -0.230. The van der Waals surface area contributed by atoms with Crippen molar-refractivity contribution in [2.24, 2.45) is 0 Å². The lowest BCUT2D eigenvalue weighted by Gasteiger charge is -2.35. The van der Waals surface area contributed by atoms with E-state index in [2.05, 4.69) is 22.6 Å². The van der Waals surface area contributed by atoms with Crippen LogP contribution in [0.3, 0.4) is 0 Å². The Morgan fingerprint density at radius 2 is 1.62 bits per heavy atom. The van der Waals surface area contributed by atoms with Crippen molar-refractivity contribution in [1.29, 1.82) is 0 Å². The molecule has 0 bridgehead atoms. The molecule has 1 amide bonds. The van der Waals surface area contributed by atoms with Gasteiger partial charge < -0.3 is 10.2 Å². The molecular weight excluding hydrogens is 202 g/mol. The Labute approximate surface area is 99.8 Å². The predicted molar refractivity (Wildman–Crippen MR) is 68.3 cm³/mol. The third kappa shape index (κ3) is 3.46. The summed E-state index contributed by atoms with van der Waals surface area (Å²) in [4.78, 5) is 13.7. The number of piperidine rings is 1. The highest BCUT2D eigenvalue weighted by atomic mass is 16.2. The van der Waals surface area contributed by atoms with Gasteiger partial charge in [0.25, 0.3) is 0 Å². The van der Waals surface area contributed by atoms with Gasteiger partial charge in [-0.2, -0.15) is 0 Å². The second kappa shape index (κ2) is 7.63. The number of nitrogens with one attached hydrogen (secondary N) is 2. The SMILES string of the molecule is CC.CC.CN1CCC2(CC1)NCNC2=O. The van der Waals surface area contributed by atoms with Crippen molar-refractivity contribution in [1.82, 2.24) is 15.5 Å². The van der Waals surface area contributed by atoms with E-state index in [0.717, 1.165) is 25.9 Å². The van der Waals surface area contributed by atoms with Gasteiger partial charge >= 0.3 is 0 Å². The lowest BCUT2D eigenvalue weighted by molar-refractivity contribution is -0.125. The largest absolute Gasteiger partial charge is 0.342 e. The maximum Gasteiger partial charge on any atom is 0.241 e. The summed E-state index contributed by atoms with van der Waals surface area (Å²) in [6, 6.07) is 0. The molecule has 2 aliphatic rings. The molecule has 2 aliphatic heterocycles. The molecule has 2 N–H and O–H groups in total. The normalized spacial score (nSPS) is 22.7. The van der Waals surface area contributed by atoms with Crippen LogP contribution in [-0.4, -0.2) is 43.2 Å². The van der Waals surface area contributed by atoms with Crippen LogP contribution in [0.25, 0.3) is 0 Å². The smallest absolute Gasteiger partial charge is 0.241 e. The summed E-state index contributed by atoms with van der Waals surface area (Å²) in [5.74, 6) is 0.190. The molecule has 0 saturated carbocycles. The molecule has 2 saturated heterocycles. The molecule has 16 heavy (non-hydrogen) atoms. The lowest BCUT2D eigenvalue weighted by atomic mass is 9.88. The molecule has 4 heteroatoms. The molecule has 2 fully saturated rings. The highest BCUT2D eigenvalue weighted by molar-refractivity contribution is 5.88. The third-order valence-corrected chi connectivity index (χ3v) is 2.95. The monoisotopic (exact) mass is 229 g/mol. The fourth-order valence-corrected chi connectivity index (χ4v) is 1.95. The van der Waals surface area contributed by atoms with Crippen LogP contribution in [-0.2, 0) is 4.79 Å². The summed E-state index contributed by atoms with van der Waals surface area (Å²) in [6.45, 7) is 10.7. The van der Waals surface area contributed by atoms with Crippen LogP contribution in [0, 0.1) is 0 Å². The minimum absolute atomic E-state index is 0.190. The van der Waals surface area contributed by atoms with Crippen LogP contribution < -0.4 is 10.6 Å². The van der Waals surface area contributed by atoms with Gasteiger partial charge in [0.15, 0.2) is 0 Å². The maximum atomic E-state index is 11.5. The highest BCUT2D eigenvalue weighted by Gasteiger charge is 2.43. The van der Waals surface area contributed by atoms with Gasteiger partial charge in [-0.1, -0.05) is 27.7 Å². The first-order valence-corrected chi connectivity index (χ1v) is 6.45. The van der Waals surface area contributed by atoms with Crippen LogP contribution in [0.5, 0.6) is 0 Å². The number of likely N-dealkylation sites (tertiary alicyclic amines) is 1. The third-order valence-electron chi connectivity index (χ3n) is 2.95. The van der Waals surface area contributed by atoms with Crippen molar-refractivity contribution in [2.45, 2.75) is 46.1 Å². The molecule has 0 aromatic carbocycles. The van der Waals surface area contributed by atoms with E-state index >= 15 is 0 Å². The molecule has 0 atom stereocenters. The Kier molecular flexibility index (Phi) is 7.34. The number of carbonyl (C=O) groups excluding carboxylic acids is 1. The van der Waals surface area contributed by atoms with E-state index in [-0.39, 0.29) is 11.4 Å². The van der Waals surface area contributed by atoms with E-state index < -0.39 is 0 Å². The minimum Gasteiger partial charge on any atom is -0.342 e. The summed E-state index contributed by atoms with van der Waals surface area (Å²) in [5, 5.41) is 6.08. The van der Waals surface area contributed by atoms with Crippen LogP contribution in [0.2, 0.25) is 0 Å². The van der Waals surface area contributed by atoms with E-state index in [9.17, 15) is 4.79 Å². The zero-order valence-electron chi connectivity index (χ0n) is 11.4. The van der Waals surface area contributed by atoms with E-state index in [1.807, 2.05) is 27.7 Å². The highest BCUT2D eigenvalue weighted by Crippen LogP contribution is 2.23. The molecular formula is C12H27N3O. The lowest BCUT2D eigenvalue weighted by Crippen LogP contribution is -2.53. The molecule has 1 spiro atoms. The van der Waals surface area contributed by atoms with Gasteiger partial charge in [0.1, 0.15) is 5.54 Å². The van der Waals surface area contributed by atoms with Crippen LogP contribution >= 0.6 is 0 Å². The molecule has 0 radical (unpaired) electrons. The summed E-state index contributed by atoms with van der Waals surface area (Å²) >= 11 is 0. The fraction of sp³-hybridized carbons (Fsp3) is 0.917. The average molecular weight is 229 g/mol. The molecule has 0 unspecified atom stereocenters. The first-order valence-electron chi connectivity index (χ1n) is 6.45. The van der Waals surface area contributed by atoms with Crippen molar-refractivity contribution in [3.8, 4) is 0 Å². The molecule has 2 heterocycles.